The van der Waals surface area contributed by atoms with E-state index < -0.39 is 10.0 Å². The van der Waals surface area contributed by atoms with Gasteiger partial charge in [-0.25, -0.2) is 8.42 Å². The number of benzene rings is 5. The minimum atomic E-state index is -4.05. The van der Waals surface area contributed by atoms with Gasteiger partial charge in [-0.1, -0.05) is 66.7 Å². The fourth-order valence-corrected chi connectivity index (χ4v) is 6.82. The summed E-state index contributed by atoms with van der Waals surface area (Å²) in [7, 11) is -2.52. The monoisotopic (exact) mass is 548 g/mol. The number of methoxy groups -OCH3 is 1. The van der Waals surface area contributed by atoms with Crippen LogP contribution in [-0.4, -0.2) is 21.4 Å². The quantitative estimate of drug-likeness (QED) is 0.237. The molecule has 0 aliphatic heterocycles. The molecule has 6 rings (SSSR count). The van der Waals surface area contributed by atoms with Crippen LogP contribution in [0.1, 0.15) is 27.0 Å². The lowest BCUT2D eigenvalue weighted by atomic mass is 10.0. The minimum Gasteiger partial charge on any atom is -0.497 e. The van der Waals surface area contributed by atoms with Crippen molar-refractivity contribution in [2.45, 2.75) is 24.3 Å². The normalized spacial score (nSPS) is 12.3. The molecule has 1 N–H and O–H groups in total. The zero-order valence-corrected chi connectivity index (χ0v) is 22.8. The van der Waals surface area contributed by atoms with Gasteiger partial charge in [0.15, 0.2) is 0 Å². The van der Waals surface area contributed by atoms with E-state index >= 15 is 0 Å². The topological polar surface area (TPSA) is 75.7 Å². The molecule has 1 aliphatic carbocycles. The molecule has 0 spiro atoms. The maximum Gasteiger partial charge on any atom is 0.264 e. The van der Waals surface area contributed by atoms with Crippen molar-refractivity contribution in [1.29, 1.82) is 0 Å². The number of amides is 1. The van der Waals surface area contributed by atoms with Crippen LogP contribution in [0.15, 0.2) is 114 Å². The molecule has 0 bridgehead atoms. The standard InChI is InChI=1S/C33H28N2O4S/c1-39-26-17-19-27(20-18-26)40(37,38)35(22-23-8-3-2-4-9-23)31-13-6-5-11-29(31)33(36)34-30-21-16-25-15-14-24-10-7-12-28(30)32(24)25/h2-13,16-21H,14-15,22H2,1H3,(H,34,36). The van der Waals surface area contributed by atoms with Crippen LogP contribution in [0.25, 0.3) is 10.8 Å². The second-order valence-electron chi connectivity index (χ2n) is 9.76. The fraction of sp³-hybridized carbons (Fsp3) is 0.121. The van der Waals surface area contributed by atoms with E-state index in [9.17, 15) is 13.2 Å². The molecule has 0 saturated heterocycles. The lowest BCUT2D eigenvalue weighted by molar-refractivity contribution is 0.102. The van der Waals surface area contributed by atoms with Crippen LogP contribution >= 0.6 is 0 Å². The number of ether oxygens (including phenoxy) is 1. The Morgan fingerprint density at radius 3 is 2.25 bits per heavy atom. The van der Waals surface area contributed by atoms with Gasteiger partial charge < -0.3 is 10.1 Å². The first-order valence-corrected chi connectivity index (χ1v) is 14.5. The maximum atomic E-state index is 14.1. The predicted molar refractivity (Wildman–Crippen MR) is 159 cm³/mol. The summed E-state index contributed by atoms with van der Waals surface area (Å²) in [6, 6.07) is 32.6. The van der Waals surface area contributed by atoms with Crippen molar-refractivity contribution in [3.05, 3.63) is 131 Å². The van der Waals surface area contributed by atoms with Crippen molar-refractivity contribution in [3.8, 4) is 5.75 Å². The van der Waals surface area contributed by atoms with Crippen LogP contribution in [0.4, 0.5) is 11.4 Å². The Balaban J connectivity index is 1.42. The molecule has 7 heteroatoms. The van der Waals surface area contributed by atoms with E-state index in [0.717, 1.165) is 23.8 Å². The SMILES string of the molecule is COc1ccc(S(=O)(=O)N(Cc2ccccc2)c2ccccc2C(=O)Nc2ccc3c4c(cccc24)CC3)cc1. The van der Waals surface area contributed by atoms with Crippen LogP contribution in [0.3, 0.4) is 0 Å². The number of carbonyl (C=O) groups is 1. The number of sulfonamides is 1. The van der Waals surface area contributed by atoms with Crippen molar-refractivity contribution >= 4 is 38.1 Å². The smallest absolute Gasteiger partial charge is 0.264 e. The minimum absolute atomic E-state index is 0.0560. The summed E-state index contributed by atoms with van der Waals surface area (Å²) in [6.45, 7) is 0.0560. The highest BCUT2D eigenvalue weighted by molar-refractivity contribution is 7.92. The first-order valence-electron chi connectivity index (χ1n) is 13.1. The largest absolute Gasteiger partial charge is 0.497 e. The lowest BCUT2D eigenvalue weighted by Gasteiger charge is -2.27. The Morgan fingerprint density at radius 1 is 0.800 bits per heavy atom. The molecule has 0 radical (unpaired) electrons. The summed E-state index contributed by atoms with van der Waals surface area (Å²) in [4.78, 5) is 13.9. The summed E-state index contributed by atoms with van der Waals surface area (Å²) >= 11 is 0. The molecule has 1 aliphatic rings. The maximum absolute atomic E-state index is 14.1. The summed E-state index contributed by atoms with van der Waals surface area (Å²) in [5.74, 6) is 0.177. The number of carbonyl (C=O) groups excluding carboxylic acids is 1. The van der Waals surface area contributed by atoms with Gasteiger partial charge in [0.2, 0.25) is 0 Å². The van der Waals surface area contributed by atoms with Gasteiger partial charge in [0.25, 0.3) is 15.9 Å². The van der Waals surface area contributed by atoms with Crippen molar-refractivity contribution in [2.75, 3.05) is 16.7 Å². The van der Waals surface area contributed by atoms with Gasteiger partial charge >= 0.3 is 0 Å². The molecule has 0 saturated carbocycles. The number of aryl methyl sites for hydroxylation is 2. The number of nitrogens with zero attached hydrogens (tertiary/aromatic N) is 1. The van der Waals surface area contributed by atoms with Crippen LogP contribution in [0, 0.1) is 0 Å². The van der Waals surface area contributed by atoms with E-state index in [1.54, 1.807) is 36.4 Å². The number of para-hydroxylation sites is 1. The number of anilines is 2. The van der Waals surface area contributed by atoms with Gasteiger partial charge in [-0.15, -0.1) is 0 Å². The molecule has 5 aromatic carbocycles. The van der Waals surface area contributed by atoms with Gasteiger partial charge in [0.05, 0.1) is 29.8 Å². The van der Waals surface area contributed by atoms with Gasteiger partial charge in [-0.2, -0.15) is 0 Å². The van der Waals surface area contributed by atoms with Gasteiger partial charge in [0.1, 0.15) is 5.75 Å². The fourth-order valence-electron chi connectivity index (χ4n) is 5.35. The molecule has 40 heavy (non-hydrogen) atoms. The number of hydrogen-bond acceptors (Lipinski definition) is 4. The van der Waals surface area contributed by atoms with Crippen LogP contribution in [0.2, 0.25) is 0 Å². The Kier molecular flexibility index (Phi) is 6.74. The summed E-state index contributed by atoms with van der Waals surface area (Å²) < 4.78 is 34.7. The first-order chi connectivity index (χ1) is 19.5. The first kappa shape index (κ1) is 25.6. The highest BCUT2D eigenvalue weighted by Gasteiger charge is 2.29. The number of nitrogens with one attached hydrogen (secondary N) is 1. The number of rotatable bonds is 8. The molecule has 0 heterocycles. The van der Waals surface area contributed by atoms with Crippen molar-refractivity contribution in [1.82, 2.24) is 0 Å². The Hall–Kier alpha value is -4.62. The Labute approximate surface area is 233 Å². The summed E-state index contributed by atoms with van der Waals surface area (Å²) in [5.41, 5.74) is 4.62. The average molecular weight is 549 g/mol. The lowest BCUT2D eigenvalue weighted by Crippen LogP contribution is -2.32. The van der Waals surface area contributed by atoms with Crippen LogP contribution in [-0.2, 0) is 29.4 Å². The molecule has 0 unspecified atom stereocenters. The van der Waals surface area contributed by atoms with Gasteiger partial charge in [-0.3, -0.25) is 9.10 Å². The summed E-state index contributed by atoms with van der Waals surface area (Å²) in [6.07, 6.45) is 1.98. The van der Waals surface area contributed by atoms with Crippen molar-refractivity contribution < 1.29 is 17.9 Å². The molecular weight excluding hydrogens is 520 g/mol. The van der Waals surface area contributed by atoms with Gasteiger partial charge in [-0.05, 0) is 77.4 Å². The van der Waals surface area contributed by atoms with E-state index in [4.69, 9.17) is 4.74 Å². The zero-order valence-electron chi connectivity index (χ0n) is 22.0. The number of hydrogen-bond donors (Lipinski definition) is 1. The van der Waals surface area contributed by atoms with Gasteiger partial charge in [0, 0.05) is 11.1 Å². The molecule has 1 amide bonds. The van der Waals surface area contributed by atoms with Crippen LogP contribution in [0.5, 0.6) is 5.75 Å². The zero-order chi connectivity index (χ0) is 27.7. The molecule has 0 fully saturated rings. The van der Waals surface area contributed by atoms with Crippen molar-refractivity contribution in [3.63, 3.8) is 0 Å². The molecule has 200 valence electrons. The third-order valence-corrected chi connectivity index (χ3v) is 9.13. The van der Waals surface area contributed by atoms with Crippen molar-refractivity contribution in [2.24, 2.45) is 0 Å². The Morgan fingerprint density at radius 2 is 1.50 bits per heavy atom. The summed E-state index contributed by atoms with van der Waals surface area (Å²) in [5, 5.41) is 5.26. The molecule has 0 aromatic heterocycles. The second-order valence-corrected chi connectivity index (χ2v) is 11.6. The molecule has 6 nitrogen and oxygen atoms in total. The molecule has 0 atom stereocenters. The highest BCUT2D eigenvalue weighted by Crippen LogP contribution is 2.36. The second kappa shape index (κ2) is 10.5. The van der Waals surface area contributed by atoms with E-state index in [-0.39, 0.29) is 22.9 Å². The average Bonchev–Trinajstić information content (AvgIpc) is 3.42. The Bertz CT molecular complexity index is 1810. The third-order valence-electron chi connectivity index (χ3n) is 7.36. The predicted octanol–water partition coefficient (Wildman–Crippen LogP) is 6.59. The van der Waals surface area contributed by atoms with E-state index in [1.165, 1.54) is 40.1 Å². The van der Waals surface area contributed by atoms with E-state index in [2.05, 4.69) is 17.4 Å². The van der Waals surface area contributed by atoms with E-state index in [1.807, 2.05) is 48.5 Å². The third kappa shape index (κ3) is 4.69. The van der Waals surface area contributed by atoms with E-state index in [0.29, 0.717) is 17.1 Å². The molecular formula is C33H28N2O4S. The van der Waals surface area contributed by atoms with Crippen LogP contribution < -0.4 is 14.4 Å². The highest BCUT2D eigenvalue weighted by atomic mass is 32.2. The molecule has 5 aromatic rings.